The van der Waals surface area contributed by atoms with E-state index in [1.165, 1.54) is 0 Å². The molecule has 120 valence electrons. The fourth-order valence-corrected chi connectivity index (χ4v) is 2.52. The van der Waals surface area contributed by atoms with Gasteiger partial charge in [0.1, 0.15) is 5.75 Å². The molecule has 3 aromatic carbocycles. The molecule has 3 rings (SSSR count). The van der Waals surface area contributed by atoms with Gasteiger partial charge in [0.05, 0.1) is 5.69 Å². The maximum absolute atomic E-state index is 12.2. The van der Waals surface area contributed by atoms with Crippen LogP contribution in [0.1, 0.15) is 0 Å². The summed E-state index contributed by atoms with van der Waals surface area (Å²) in [5, 5.41) is 5.60. The Balaban J connectivity index is 1.72. The third-order valence-corrected chi connectivity index (χ3v) is 3.68. The van der Waals surface area contributed by atoms with Crippen molar-refractivity contribution in [1.29, 1.82) is 0 Å². The first kappa shape index (κ1) is 16.1. The predicted octanol–water partition coefficient (Wildman–Crippen LogP) is 5.89. The third-order valence-electron chi connectivity index (χ3n) is 3.19. The van der Waals surface area contributed by atoms with Crippen LogP contribution in [-0.2, 0) is 0 Å². The van der Waals surface area contributed by atoms with Crippen molar-refractivity contribution in [2.75, 3.05) is 10.6 Å². The van der Waals surface area contributed by atoms with Crippen molar-refractivity contribution >= 4 is 33.3 Å². The van der Waals surface area contributed by atoms with Crippen LogP contribution in [0.5, 0.6) is 11.5 Å². The van der Waals surface area contributed by atoms with E-state index in [4.69, 9.17) is 4.74 Å². The van der Waals surface area contributed by atoms with E-state index in [-0.39, 0.29) is 6.03 Å². The van der Waals surface area contributed by atoms with Crippen molar-refractivity contribution in [3.8, 4) is 11.5 Å². The second-order valence-corrected chi connectivity index (χ2v) is 5.92. The molecule has 0 aliphatic rings. The van der Waals surface area contributed by atoms with Crippen molar-refractivity contribution in [2.45, 2.75) is 0 Å². The third kappa shape index (κ3) is 4.36. The maximum Gasteiger partial charge on any atom is 0.323 e. The Hall–Kier alpha value is -2.79. The van der Waals surface area contributed by atoms with Crippen LogP contribution < -0.4 is 15.4 Å². The molecular weight excluding hydrogens is 368 g/mol. The number of amides is 2. The molecule has 0 aliphatic heterocycles. The van der Waals surface area contributed by atoms with E-state index in [1.807, 2.05) is 72.8 Å². The fourth-order valence-electron chi connectivity index (χ4n) is 2.13. The van der Waals surface area contributed by atoms with Gasteiger partial charge in [-0.15, -0.1) is 0 Å². The van der Waals surface area contributed by atoms with Gasteiger partial charge in [0.15, 0.2) is 5.75 Å². The lowest BCUT2D eigenvalue weighted by molar-refractivity contribution is 0.262. The number of carbonyl (C=O) groups excluding carboxylic acids is 1. The molecule has 0 radical (unpaired) electrons. The highest BCUT2D eigenvalue weighted by atomic mass is 79.9. The molecule has 0 aliphatic carbocycles. The molecule has 0 aromatic heterocycles. The van der Waals surface area contributed by atoms with E-state index < -0.39 is 0 Å². The van der Waals surface area contributed by atoms with Crippen LogP contribution in [0.4, 0.5) is 16.2 Å². The molecule has 0 fully saturated rings. The number of halogens is 1. The number of ether oxygens (including phenoxy) is 1. The maximum atomic E-state index is 12.2. The molecule has 4 nitrogen and oxygen atoms in total. The lowest BCUT2D eigenvalue weighted by atomic mass is 10.3. The van der Waals surface area contributed by atoms with Crippen LogP contribution in [-0.4, -0.2) is 6.03 Å². The van der Waals surface area contributed by atoms with Crippen molar-refractivity contribution in [3.05, 3.63) is 83.3 Å². The predicted molar refractivity (Wildman–Crippen MR) is 99.7 cm³/mol. The summed E-state index contributed by atoms with van der Waals surface area (Å²) in [6.45, 7) is 0. The number of urea groups is 1. The molecule has 5 heteroatoms. The first-order valence-electron chi connectivity index (χ1n) is 7.36. The number of anilines is 2. The topological polar surface area (TPSA) is 50.4 Å². The molecular formula is C19H15BrN2O2. The Kier molecular flexibility index (Phi) is 5.13. The molecule has 3 aromatic rings. The first-order chi connectivity index (χ1) is 11.7. The van der Waals surface area contributed by atoms with E-state index in [0.29, 0.717) is 22.9 Å². The van der Waals surface area contributed by atoms with Crippen LogP contribution >= 0.6 is 15.9 Å². The van der Waals surface area contributed by atoms with Gasteiger partial charge in [0.25, 0.3) is 0 Å². The Morgan fingerprint density at radius 2 is 1.58 bits per heavy atom. The van der Waals surface area contributed by atoms with Crippen molar-refractivity contribution in [2.24, 2.45) is 0 Å². The van der Waals surface area contributed by atoms with Crippen LogP contribution in [0.25, 0.3) is 0 Å². The summed E-state index contributed by atoms with van der Waals surface area (Å²) in [5.41, 5.74) is 1.29. The first-order valence-corrected chi connectivity index (χ1v) is 8.15. The highest BCUT2D eigenvalue weighted by molar-refractivity contribution is 9.10. The van der Waals surface area contributed by atoms with Crippen molar-refractivity contribution in [3.63, 3.8) is 0 Å². The normalized spacial score (nSPS) is 10.0. The Morgan fingerprint density at radius 3 is 2.38 bits per heavy atom. The van der Waals surface area contributed by atoms with E-state index in [2.05, 4.69) is 26.6 Å². The number of nitrogens with one attached hydrogen (secondary N) is 2. The second-order valence-electron chi connectivity index (χ2n) is 5.00. The summed E-state index contributed by atoms with van der Waals surface area (Å²) >= 11 is 3.38. The molecule has 0 saturated carbocycles. The molecule has 2 amide bonds. The van der Waals surface area contributed by atoms with Gasteiger partial charge in [-0.1, -0.05) is 52.3 Å². The monoisotopic (exact) mass is 382 g/mol. The van der Waals surface area contributed by atoms with Gasteiger partial charge in [-0.2, -0.15) is 0 Å². The Morgan fingerprint density at radius 1 is 0.833 bits per heavy atom. The molecule has 2 N–H and O–H groups in total. The quantitative estimate of drug-likeness (QED) is 0.591. The average molecular weight is 383 g/mol. The van der Waals surface area contributed by atoms with Gasteiger partial charge in [0, 0.05) is 10.2 Å². The number of rotatable bonds is 4. The van der Waals surface area contributed by atoms with Gasteiger partial charge < -0.3 is 15.4 Å². The van der Waals surface area contributed by atoms with Gasteiger partial charge in [-0.25, -0.2) is 4.79 Å². The summed E-state index contributed by atoms with van der Waals surface area (Å²) in [4.78, 5) is 12.2. The van der Waals surface area contributed by atoms with Gasteiger partial charge in [0.2, 0.25) is 0 Å². The SMILES string of the molecule is O=C(Nc1cccc(Br)c1)Nc1ccccc1Oc1ccccc1. The number of para-hydroxylation sites is 3. The van der Waals surface area contributed by atoms with Crippen LogP contribution in [0.15, 0.2) is 83.3 Å². The number of hydrogen-bond acceptors (Lipinski definition) is 2. The molecule has 24 heavy (non-hydrogen) atoms. The molecule has 0 bridgehead atoms. The summed E-state index contributed by atoms with van der Waals surface area (Å²) in [7, 11) is 0. The average Bonchev–Trinajstić information content (AvgIpc) is 2.57. The van der Waals surface area contributed by atoms with Gasteiger partial charge in [-0.3, -0.25) is 0 Å². The minimum absolute atomic E-state index is 0.336. The molecule has 0 saturated heterocycles. The standard InChI is InChI=1S/C19H15BrN2O2/c20-14-7-6-8-15(13-14)21-19(23)22-17-11-4-5-12-18(17)24-16-9-2-1-3-10-16/h1-13H,(H2,21,22,23). The smallest absolute Gasteiger partial charge is 0.323 e. The van der Waals surface area contributed by atoms with E-state index >= 15 is 0 Å². The zero-order valence-electron chi connectivity index (χ0n) is 12.7. The second kappa shape index (κ2) is 7.66. The summed E-state index contributed by atoms with van der Waals surface area (Å²) in [5.74, 6) is 1.28. The van der Waals surface area contributed by atoms with Crippen LogP contribution in [0.2, 0.25) is 0 Å². The largest absolute Gasteiger partial charge is 0.455 e. The zero-order chi connectivity index (χ0) is 16.8. The molecule has 0 unspecified atom stereocenters. The van der Waals surface area contributed by atoms with Crippen LogP contribution in [0.3, 0.4) is 0 Å². The zero-order valence-corrected chi connectivity index (χ0v) is 14.3. The lowest BCUT2D eigenvalue weighted by Gasteiger charge is -2.13. The molecule has 0 heterocycles. The van der Waals surface area contributed by atoms with Gasteiger partial charge in [-0.05, 0) is 42.5 Å². The highest BCUT2D eigenvalue weighted by Crippen LogP contribution is 2.29. The fraction of sp³-hybridized carbons (Fsp3) is 0. The minimum Gasteiger partial charge on any atom is -0.455 e. The van der Waals surface area contributed by atoms with E-state index in [9.17, 15) is 4.79 Å². The number of hydrogen-bond donors (Lipinski definition) is 2. The Labute approximate surface area is 148 Å². The highest BCUT2D eigenvalue weighted by Gasteiger charge is 2.08. The molecule has 0 atom stereocenters. The summed E-state index contributed by atoms with van der Waals surface area (Å²) in [6.07, 6.45) is 0. The van der Waals surface area contributed by atoms with Crippen LogP contribution in [0, 0.1) is 0 Å². The number of benzene rings is 3. The van der Waals surface area contributed by atoms with Gasteiger partial charge >= 0.3 is 6.03 Å². The summed E-state index contributed by atoms with van der Waals surface area (Å²) in [6, 6.07) is 23.8. The van der Waals surface area contributed by atoms with E-state index in [0.717, 1.165) is 4.47 Å². The lowest BCUT2D eigenvalue weighted by Crippen LogP contribution is -2.19. The summed E-state index contributed by atoms with van der Waals surface area (Å²) < 4.78 is 6.73. The Bertz CT molecular complexity index is 838. The number of carbonyl (C=O) groups is 1. The van der Waals surface area contributed by atoms with E-state index in [1.54, 1.807) is 6.07 Å². The minimum atomic E-state index is -0.336. The van der Waals surface area contributed by atoms with Crippen molar-refractivity contribution in [1.82, 2.24) is 0 Å². The molecule has 0 spiro atoms. The van der Waals surface area contributed by atoms with Crippen molar-refractivity contribution < 1.29 is 9.53 Å².